The number of aromatic amines is 1. The molecule has 7 heteroatoms. The lowest BCUT2D eigenvalue weighted by atomic mass is 10.0. The fourth-order valence-electron chi connectivity index (χ4n) is 2.94. The fourth-order valence-corrected chi connectivity index (χ4v) is 3.21. The molecule has 0 radical (unpaired) electrons. The molecule has 2 amide bonds. The summed E-state index contributed by atoms with van der Waals surface area (Å²) in [6, 6.07) is 14.3. The van der Waals surface area contributed by atoms with E-state index in [-0.39, 0.29) is 5.91 Å². The normalized spacial score (nSPS) is 12.4. The zero-order chi connectivity index (χ0) is 21.0. The van der Waals surface area contributed by atoms with Crippen molar-refractivity contribution in [2.45, 2.75) is 38.8 Å². The van der Waals surface area contributed by atoms with Crippen LogP contribution in [0.15, 0.2) is 59.2 Å². The van der Waals surface area contributed by atoms with Crippen LogP contribution >= 0.6 is 15.9 Å². The van der Waals surface area contributed by atoms with Gasteiger partial charge in [-0.05, 0) is 56.7 Å². The first-order chi connectivity index (χ1) is 13.7. The van der Waals surface area contributed by atoms with Gasteiger partial charge in [-0.1, -0.05) is 34.1 Å². The van der Waals surface area contributed by atoms with Gasteiger partial charge in [-0.25, -0.2) is 4.79 Å². The Morgan fingerprint density at radius 2 is 1.79 bits per heavy atom. The fraction of sp³-hybridized carbons (Fsp3) is 0.273. The molecule has 0 spiro atoms. The van der Waals surface area contributed by atoms with Crippen molar-refractivity contribution in [2.24, 2.45) is 0 Å². The summed E-state index contributed by atoms with van der Waals surface area (Å²) in [6.07, 6.45) is 1.56. The molecule has 152 valence electrons. The zero-order valence-corrected chi connectivity index (χ0v) is 18.2. The summed E-state index contributed by atoms with van der Waals surface area (Å²) in [6.45, 7) is 5.34. The number of hydrogen-bond acceptors (Lipinski definition) is 3. The first-order valence-electron chi connectivity index (χ1n) is 9.32. The molecule has 0 saturated heterocycles. The third kappa shape index (κ3) is 5.84. The third-order valence-electron chi connectivity index (χ3n) is 4.22. The van der Waals surface area contributed by atoms with Gasteiger partial charge in [0.1, 0.15) is 11.6 Å². The number of H-pyrrole nitrogens is 1. The largest absolute Gasteiger partial charge is 0.444 e. The highest BCUT2D eigenvalue weighted by molar-refractivity contribution is 9.10. The Kier molecular flexibility index (Phi) is 6.27. The molecule has 3 aromatic rings. The van der Waals surface area contributed by atoms with Crippen molar-refractivity contribution >= 4 is 44.5 Å². The molecule has 0 aliphatic heterocycles. The van der Waals surface area contributed by atoms with E-state index in [9.17, 15) is 9.59 Å². The number of carbonyl (C=O) groups excluding carboxylic acids is 2. The maximum absolute atomic E-state index is 13.0. The second-order valence-electron chi connectivity index (χ2n) is 7.76. The van der Waals surface area contributed by atoms with E-state index < -0.39 is 17.7 Å². The SMILES string of the molecule is CC(C)(C)OC(=O)N[C@H](Cc1c[nH]c2ccccc12)C(=O)Nc1ccc(Br)cc1. The third-order valence-corrected chi connectivity index (χ3v) is 4.75. The monoisotopic (exact) mass is 457 g/mol. The first kappa shape index (κ1) is 20.9. The number of amides is 2. The van der Waals surface area contributed by atoms with Crippen LogP contribution in [-0.2, 0) is 16.0 Å². The van der Waals surface area contributed by atoms with Crippen LogP contribution in [0.4, 0.5) is 10.5 Å². The summed E-state index contributed by atoms with van der Waals surface area (Å²) in [5.41, 5.74) is 1.91. The number of alkyl carbamates (subject to hydrolysis) is 1. The Hall–Kier alpha value is -2.80. The Morgan fingerprint density at radius 1 is 1.10 bits per heavy atom. The number of ether oxygens (including phenoxy) is 1. The number of nitrogens with one attached hydrogen (secondary N) is 3. The van der Waals surface area contributed by atoms with Crippen LogP contribution in [0.5, 0.6) is 0 Å². The van der Waals surface area contributed by atoms with Gasteiger partial charge in [-0.3, -0.25) is 4.79 Å². The van der Waals surface area contributed by atoms with Crippen LogP contribution in [-0.4, -0.2) is 28.6 Å². The van der Waals surface area contributed by atoms with E-state index in [2.05, 4.69) is 31.5 Å². The number of fused-ring (bicyclic) bond motifs is 1. The van der Waals surface area contributed by atoms with E-state index in [0.29, 0.717) is 12.1 Å². The molecule has 3 N–H and O–H groups in total. The summed E-state index contributed by atoms with van der Waals surface area (Å²) >= 11 is 3.37. The van der Waals surface area contributed by atoms with Crippen LogP contribution < -0.4 is 10.6 Å². The van der Waals surface area contributed by atoms with Crippen molar-refractivity contribution in [3.63, 3.8) is 0 Å². The molecule has 0 fully saturated rings. The molecular formula is C22H24BrN3O3. The molecule has 0 aliphatic rings. The summed E-state index contributed by atoms with van der Waals surface area (Å²) in [7, 11) is 0. The average Bonchev–Trinajstić information content (AvgIpc) is 3.04. The standard InChI is InChI=1S/C22H24BrN3O3/c1-22(2,3)29-21(28)26-19(20(27)25-16-10-8-15(23)9-11-16)12-14-13-24-18-7-5-4-6-17(14)18/h4-11,13,19,24H,12H2,1-3H3,(H,25,27)(H,26,28)/t19-/m1/s1. The van der Waals surface area contributed by atoms with Crippen molar-refractivity contribution in [1.29, 1.82) is 0 Å². The van der Waals surface area contributed by atoms with Gasteiger partial charge in [0.05, 0.1) is 0 Å². The van der Waals surface area contributed by atoms with Crippen molar-refractivity contribution in [2.75, 3.05) is 5.32 Å². The lowest BCUT2D eigenvalue weighted by Crippen LogP contribution is -2.47. The lowest BCUT2D eigenvalue weighted by molar-refractivity contribution is -0.118. The molecule has 6 nitrogen and oxygen atoms in total. The summed E-state index contributed by atoms with van der Waals surface area (Å²) in [5.74, 6) is -0.316. The maximum Gasteiger partial charge on any atom is 0.408 e. The van der Waals surface area contributed by atoms with Crippen LogP contribution in [0.1, 0.15) is 26.3 Å². The van der Waals surface area contributed by atoms with E-state index in [4.69, 9.17) is 4.74 Å². The average molecular weight is 458 g/mol. The first-order valence-corrected chi connectivity index (χ1v) is 10.1. The van der Waals surface area contributed by atoms with Gasteiger partial charge in [0.15, 0.2) is 0 Å². The smallest absolute Gasteiger partial charge is 0.408 e. The predicted octanol–water partition coefficient (Wildman–Crippen LogP) is 5.00. The highest BCUT2D eigenvalue weighted by Crippen LogP contribution is 2.20. The summed E-state index contributed by atoms with van der Waals surface area (Å²) in [4.78, 5) is 28.5. The molecule has 1 heterocycles. The molecule has 0 unspecified atom stereocenters. The molecule has 0 bridgehead atoms. The number of anilines is 1. The van der Waals surface area contributed by atoms with Gasteiger partial charge < -0.3 is 20.4 Å². The van der Waals surface area contributed by atoms with E-state index >= 15 is 0 Å². The Morgan fingerprint density at radius 3 is 2.48 bits per heavy atom. The number of halogens is 1. The quantitative estimate of drug-likeness (QED) is 0.503. The topological polar surface area (TPSA) is 83.2 Å². The van der Waals surface area contributed by atoms with Crippen LogP contribution in [0, 0.1) is 0 Å². The van der Waals surface area contributed by atoms with Gasteiger partial charge in [-0.15, -0.1) is 0 Å². The highest BCUT2D eigenvalue weighted by atomic mass is 79.9. The number of hydrogen-bond donors (Lipinski definition) is 3. The van der Waals surface area contributed by atoms with E-state index in [0.717, 1.165) is 20.9 Å². The molecular weight excluding hydrogens is 434 g/mol. The molecule has 0 aliphatic carbocycles. The number of aromatic nitrogens is 1. The van der Waals surface area contributed by atoms with Gasteiger partial charge in [-0.2, -0.15) is 0 Å². The van der Waals surface area contributed by atoms with E-state index in [1.165, 1.54) is 0 Å². The predicted molar refractivity (Wildman–Crippen MR) is 118 cm³/mol. The molecule has 3 rings (SSSR count). The number of carbonyl (C=O) groups is 2. The molecule has 2 aromatic carbocycles. The second-order valence-corrected chi connectivity index (χ2v) is 8.67. The van der Waals surface area contributed by atoms with Gasteiger partial charge in [0, 0.05) is 33.7 Å². The van der Waals surface area contributed by atoms with Crippen molar-refractivity contribution in [3.8, 4) is 0 Å². The summed E-state index contributed by atoms with van der Waals surface area (Å²) in [5, 5.41) is 6.58. The van der Waals surface area contributed by atoms with Crippen LogP contribution in [0.25, 0.3) is 10.9 Å². The number of benzene rings is 2. The summed E-state index contributed by atoms with van der Waals surface area (Å²) < 4.78 is 6.26. The van der Waals surface area contributed by atoms with Gasteiger partial charge >= 0.3 is 6.09 Å². The number of para-hydroxylation sites is 1. The minimum Gasteiger partial charge on any atom is -0.444 e. The van der Waals surface area contributed by atoms with Crippen molar-refractivity contribution in [1.82, 2.24) is 10.3 Å². The Labute approximate surface area is 178 Å². The molecule has 1 aromatic heterocycles. The van der Waals surface area contributed by atoms with Crippen molar-refractivity contribution < 1.29 is 14.3 Å². The molecule has 1 atom stereocenters. The zero-order valence-electron chi connectivity index (χ0n) is 16.6. The van der Waals surface area contributed by atoms with Gasteiger partial charge in [0.25, 0.3) is 0 Å². The van der Waals surface area contributed by atoms with Gasteiger partial charge in [0.2, 0.25) is 5.91 Å². The highest BCUT2D eigenvalue weighted by Gasteiger charge is 2.25. The van der Waals surface area contributed by atoms with E-state index in [1.54, 1.807) is 32.9 Å². The van der Waals surface area contributed by atoms with Crippen molar-refractivity contribution in [3.05, 3.63) is 64.8 Å². The molecule has 29 heavy (non-hydrogen) atoms. The van der Waals surface area contributed by atoms with Crippen LogP contribution in [0.3, 0.4) is 0 Å². The van der Waals surface area contributed by atoms with Crippen LogP contribution in [0.2, 0.25) is 0 Å². The Balaban J connectivity index is 1.81. The maximum atomic E-state index is 13.0. The number of rotatable bonds is 5. The minimum absolute atomic E-state index is 0.316. The molecule has 0 saturated carbocycles. The lowest BCUT2D eigenvalue weighted by Gasteiger charge is -2.23. The Bertz CT molecular complexity index is 1010. The minimum atomic E-state index is -0.798. The van der Waals surface area contributed by atoms with E-state index in [1.807, 2.05) is 42.6 Å². The second kappa shape index (κ2) is 8.69.